The number of hydrogen-bond donors (Lipinski definition) is 0. The fourth-order valence-electron chi connectivity index (χ4n) is 1.67. The van der Waals surface area contributed by atoms with Crippen molar-refractivity contribution in [2.75, 3.05) is 13.2 Å². The van der Waals surface area contributed by atoms with Crippen LogP contribution in [0.2, 0.25) is 0 Å². The molecule has 2 aromatic rings. The van der Waals surface area contributed by atoms with Gasteiger partial charge in [-0.15, -0.1) is 0 Å². The molecule has 0 bridgehead atoms. The second kappa shape index (κ2) is 5.94. The van der Waals surface area contributed by atoms with Crippen LogP contribution in [0, 0.1) is 11.3 Å². The van der Waals surface area contributed by atoms with E-state index >= 15 is 0 Å². The summed E-state index contributed by atoms with van der Waals surface area (Å²) in [7, 11) is 0. The Kier molecular flexibility index (Phi) is 4.05. The topological polar surface area (TPSA) is 63.7 Å². The van der Waals surface area contributed by atoms with Crippen molar-refractivity contribution in [1.29, 1.82) is 5.26 Å². The lowest BCUT2D eigenvalue weighted by molar-refractivity contribution is 0.136. The SMILES string of the molecule is CCOCCn1ncnc1-c1cccc(C#N)c1. The molecular weight excluding hydrogens is 228 g/mol. The van der Waals surface area contributed by atoms with Crippen LogP contribution in [0.15, 0.2) is 30.6 Å². The summed E-state index contributed by atoms with van der Waals surface area (Å²) < 4.78 is 7.09. The Morgan fingerprint density at radius 2 is 2.33 bits per heavy atom. The van der Waals surface area contributed by atoms with E-state index in [0.29, 0.717) is 25.3 Å². The molecule has 1 heterocycles. The maximum Gasteiger partial charge on any atom is 0.158 e. The van der Waals surface area contributed by atoms with E-state index in [1.54, 1.807) is 16.8 Å². The standard InChI is InChI=1S/C13H14N4O/c1-2-18-7-6-17-13(15-10-16-17)12-5-3-4-11(8-12)9-14/h3-5,8,10H,2,6-7H2,1H3. The summed E-state index contributed by atoms with van der Waals surface area (Å²) in [5.41, 5.74) is 1.51. The molecular formula is C13H14N4O. The second-order valence-corrected chi connectivity index (χ2v) is 3.70. The molecule has 18 heavy (non-hydrogen) atoms. The van der Waals surface area contributed by atoms with Gasteiger partial charge < -0.3 is 4.74 Å². The minimum atomic E-state index is 0.602. The summed E-state index contributed by atoms with van der Waals surface area (Å²) in [6, 6.07) is 9.46. The van der Waals surface area contributed by atoms with E-state index in [1.165, 1.54) is 6.33 Å². The Morgan fingerprint density at radius 3 is 3.11 bits per heavy atom. The van der Waals surface area contributed by atoms with Gasteiger partial charge in [-0.05, 0) is 19.1 Å². The molecule has 0 spiro atoms. The van der Waals surface area contributed by atoms with Gasteiger partial charge in [-0.25, -0.2) is 9.67 Å². The van der Waals surface area contributed by atoms with Gasteiger partial charge in [-0.2, -0.15) is 10.4 Å². The summed E-state index contributed by atoms with van der Waals surface area (Å²) in [6.45, 7) is 3.90. The van der Waals surface area contributed by atoms with Gasteiger partial charge in [0.05, 0.1) is 24.8 Å². The molecule has 0 unspecified atom stereocenters. The molecule has 0 N–H and O–H groups in total. The number of ether oxygens (including phenoxy) is 1. The smallest absolute Gasteiger partial charge is 0.158 e. The van der Waals surface area contributed by atoms with Crippen LogP contribution < -0.4 is 0 Å². The largest absolute Gasteiger partial charge is 0.380 e. The van der Waals surface area contributed by atoms with Crippen LogP contribution in [0.5, 0.6) is 0 Å². The third-order valence-electron chi connectivity index (χ3n) is 2.52. The Balaban J connectivity index is 2.22. The van der Waals surface area contributed by atoms with Crippen molar-refractivity contribution in [2.24, 2.45) is 0 Å². The van der Waals surface area contributed by atoms with E-state index in [4.69, 9.17) is 10.00 Å². The number of hydrogen-bond acceptors (Lipinski definition) is 4. The molecule has 0 radical (unpaired) electrons. The lowest BCUT2D eigenvalue weighted by Crippen LogP contribution is -2.08. The third kappa shape index (κ3) is 2.73. The van der Waals surface area contributed by atoms with E-state index in [1.807, 2.05) is 19.1 Å². The Labute approximate surface area is 106 Å². The molecule has 0 aliphatic carbocycles. The zero-order valence-electron chi connectivity index (χ0n) is 10.2. The fourth-order valence-corrected chi connectivity index (χ4v) is 1.67. The average molecular weight is 242 g/mol. The average Bonchev–Trinajstić information content (AvgIpc) is 2.87. The Morgan fingerprint density at radius 1 is 1.44 bits per heavy atom. The minimum Gasteiger partial charge on any atom is -0.380 e. The number of nitrogens with zero attached hydrogens (tertiary/aromatic N) is 4. The first-order valence-corrected chi connectivity index (χ1v) is 5.81. The quantitative estimate of drug-likeness (QED) is 0.751. The molecule has 0 saturated carbocycles. The van der Waals surface area contributed by atoms with E-state index in [9.17, 15) is 0 Å². The van der Waals surface area contributed by atoms with Crippen LogP contribution in [-0.2, 0) is 11.3 Å². The highest BCUT2D eigenvalue weighted by Crippen LogP contribution is 2.17. The van der Waals surface area contributed by atoms with Crippen LogP contribution in [0.1, 0.15) is 12.5 Å². The van der Waals surface area contributed by atoms with E-state index in [2.05, 4.69) is 16.2 Å². The fraction of sp³-hybridized carbons (Fsp3) is 0.308. The molecule has 5 nitrogen and oxygen atoms in total. The lowest BCUT2D eigenvalue weighted by atomic mass is 10.1. The molecule has 1 aromatic heterocycles. The molecule has 0 saturated heterocycles. The molecule has 0 fully saturated rings. The Bertz CT molecular complexity index is 556. The molecule has 0 aliphatic rings. The summed E-state index contributed by atoms with van der Waals surface area (Å²) >= 11 is 0. The van der Waals surface area contributed by atoms with Crippen LogP contribution >= 0.6 is 0 Å². The summed E-state index contributed by atoms with van der Waals surface area (Å²) in [5, 5.41) is 13.1. The van der Waals surface area contributed by atoms with Crippen molar-refractivity contribution >= 4 is 0 Å². The van der Waals surface area contributed by atoms with Gasteiger partial charge in [-0.3, -0.25) is 0 Å². The molecule has 1 aromatic carbocycles. The monoisotopic (exact) mass is 242 g/mol. The predicted molar refractivity (Wildman–Crippen MR) is 66.7 cm³/mol. The summed E-state index contributed by atoms with van der Waals surface area (Å²) in [5.74, 6) is 0.756. The lowest BCUT2D eigenvalue weighted by Gasteiger charge is -2.06. The van der Waals surface area contributed by atoms with Crippen molar-refractivity contribution in [3.63, 3.8) is 0 Å². The van der Waals surface area contributed by atoms with Gasteiger partial charge >= 0.3 is 0 Å². The second-order valence-electron chi connectivity index (χ2n) is 3.70. The highest BCUT2D eigenvalue weighted by Gasteiger charge is 2.07. The number of rotatable bonds is 5. The van der Waals surface area contributed by atoms with Crippen molar-refractivity contribution < 1.29 is 4.74 Å². The van der Waals surface area contributed by atoms with Crippen LogP contribution in [0.3, 0.4) is 0 Å². The first kappa shape index (κ1) is 12.3. The van der Waals surface area contributed by atoms with E-state index < -0.39 is 0 Å². The first-order valence-electron chi connectivity index (χ1n) is 5.81. The Hall–Kier alpha value is -2.19. The van der Waals surface area contributed by atoms with Crippen molar-refractivity contribution in [2.45, 2.75) is 13.5 Å². The molecule has 92 valence electrons. The zero-order valence-corrected chi connectivity index (χ0v) is 10.2. The maximum absolute atomic E-state index is 8.89. The van der Waals surface area contributed by atoms with E-state index in [0.717, 1.165) is 11.4 Å². The van der Waals surface area contributed by atoms with Crippen molar-refractivity contribution in [1.82, 2.24) is 14.8 Å². The van der Waals surface area contributed by atoms with Gasteiger partial charge in [-0.1, -0.05) is 12.1 Å². The van der Waals surface area contributed by atoms with Gasteiger partial charge in [0.25, 0.3) is 0 Å². The highest BCUT2D eigenvalue weighted by molar-refractivity contribution is 5.57. The van der Waals surface area contributed by atoms with Gasteiger partial charge in [0, 0.05) is 12.2 Å². The van der Waals surface area contributed by atoms with E-state index in [-0.39, 0.29) is 0 Å². The van der Waals surface area contributed by atoms with Gasteiger partial charge in [0.15, 0.2) is 5.82 Å². The van der Waals surface area contributed by atoms with Gasteiger partial charge in [0.1, 0.15) is 6.33 Å². The predicted octanol–water partition coefficient (Wildman–Crippen LogP) is 1.85. The summed E-state index contributed by atoms with van der Waals surface area (Å²) in [4.78, 5) is 4.23. The molecule has 0 atom stereocenters. The number of benzene rings is 1. The summed E-state index contributed by atoms with van der Waals surface area (Å²) in [6.07, 6.45) is 1.51. The van der Waals surface area contributed by atoms with Crippen LogP contribution in [0.25, 0.3) is 11.4 Å². The maximum atomic E-state index is 8.89. The molecule has 2 rings (SSSR count). The first-order chi connectivity index (χ1) is 8.85. The normalized spacial score (nSPS) is 10.2. The van der Waals surface area contributed by atoms with Crippen LogP contribution in [0.4, 0.5) is 0 Å². The number of nitriles is 1. The van der Waals surface area contributed by atoms with Gasteiger partial charge in [0.2, 0.25) is 0 Å². The van der Waals surface area contributed by atoms with Crippen molar-refractivity contribution in [3.05, 3.63) is 36.2 Å². The van der Waals surface area contributed by atoms with Crippen molar-refractivity contribution in [3.8, 4) is 17.5 Å². The molecule has 5 heteroatoms. The van der Waals surface area contributed by atoms with Crippen LogP contribution in [-0.4, -0.2) is 28.0 Å². The third-order valence-corrected chi connectivity index (χ3v) is 2.52. The molecule has 0 aliphatic heterocycles. The highest BCUT2D eigenvalue weighted by atomic mass is 16.5. The molecule has 0 amide bonds. The number of aromatic nitrogens is 3. The minimum absolute atomic E-state index is 0.602. The zero-order chi connectivity index (χ0) is 12.8.